The van der Waals surface area contributed by atoms with E-state index in [9.17, 15) is 0 Å². The molecule has 0 saturated heterocycles. The number of nitrogens with zero attached hydrogens (tertiary/aromatic N) is 1. The van der Waals surface area contributed by atoms with Gasteiger partial charge in [0, 0.05) is 19.6 Å². The standard InChI is InChI=1S/C14H24N2/c1-3-10-15-11-12-16(4-2)13-14-8-6-5-7-9-14/h5-9,15H,3-4,10-13H2,1-2H3. The Morgan fingerprint density at radius 1 is 1.06 bits per heavy atom. The topological polar surface area (TPSA) is 15.3 Å². The van der Waals surface area contributed by atoms with E-state index in [0.29, 0.717) is 0 Å². The van der Waals surface area contributed by atoms with Crippen LogP contribution in [0.15, 0.2) is 30.3 Å². The quantitative estimate of drug-likeness (QED) is 0.677. The van der Waals surface area contributed by atoms with Crippen LogP contribution in [0.2, 0.25) is 0 Å². The van der Waals surface area contributed by atoms with E-state index in [-0.39, 0.29) is 0 Å². The van der Waals surface area contributed by atoms with Crippen molar-refractivity contribution in [1.82, 2.24) is 10.2 Å². The van der Waals surface area contributed by atoms with Gasteiger partial charge in [-0.2, -0.15) is 0 Å². The number of hydrogen-bond acceptors (Lipinski definition) is 2. The maximum Gasteiger partial charge on any atom is 0.0234 e. The molecule has 0 saturated carbocycles. The minimum atomic E-state index is 1.06. The van der Waals surface area contributed by atoms with Crippen LogP contribution in [0.4, 0.5) is 0 Å². The van der Waals surface area contributed by atoms with Crippen LogP contribution in [0, 0.1) is 0 Å². The zero-order chi connectivity index (χ0) is 11.6. The molecule has 16 heavy (non-hydrogen) atoms. The normalized spacial score (nSPS) is 10.9. The summed E-state index contributed by atoms with van der Waals surface area (Å²) < 4.78 is 0. The van der Waals surface area contributed by atoms with Gasteiger partial charge in [0.15, 0.2) is 0 Å². The second kappa shape index (κ2) is 8.31. The predicted molar refractivity (Wildman–Crippen MR) is 70.6 cm³/mol. The van der Waals surface area contributed by atoms with Crippen molar-refractivity contribution >= 4 is 0 Å². The molecular weight excluding hydrogens is 196 g/mol. The Kier molecular flexibility index (Phi) is 6.86. The van der Waals surface area contributed by atoms with Crippen molar-refractivity contribution in [2.45, 2.75) is 26.8 Å². The fourth-order valence-corrected chi connectivity index (χ4v) is 1.73. The predicted octanol–water partition coefficient (Wildman–Crippen LogP) is 2.51. The number of rotatable bonds is 8. The lowest BCUT2D eigenvalue weighted by Gasteiger charge is -2.20. The first kappa shape index (κ1) is 13.2. The molecule has 0 aliphatic carbocycles. The minimum absolute atomic E-state index is 1.06. The van der Waals surface area contributed by atoms with E-state index in [0.717, 1.165) is 32.7 Å². The molecule has 0 fully saturated rings. The van der Waals surface area contributed by atoms with Gasteiger partial charge in [0.05, 0.1) is 0 Å². The second-order valence-electron chi connectivity index (χ2n) is 4.10. The summed E-state index contributed by atoms with van der Waals surface area (Å²) in [6.45, 7) is 9.95. The van der Waals surface area contributed by atoms with E-state index in [1.807, 2.05) is 0 Å². The molecule has 0 aliphatic rings. The Morgan fingerprint density at radius 2 is 1.81 bits per heavy atom. The molecule has 0 heterocycles. The number of likely N-dealkylation sites (N-methyl/N-ethyl adjacent to an activating group) is 1. The fraction of sp³-hybridized carbons (Fsp3) is 0.571. The van der Waals surface area contributed by atoms with E-state index >= 15 is 0 Å². The molecule has 1 aromatic carbocycles. The molecule has 0 aliphatic heterocycles. The lowest BCUT2D eigenvalue weighted by Crippen LogP contribution is -2.31. The van der Waals surface area contributed by atoms with Crippen molar-refractivity contribution in [3.63, 3.8) is 0 Å². The monoisotopic (exact) mass is 220 g/mol. The number of benzene rings is 1. The van der Waals surface area contributed by atoms with E-state index in [4.69, 9.17) is 0 Å². The highest BCUT2D eigenvalue weighted by Crippen LogP contribution is 2.03. The van der Waals surface area contributed by atoms with Crippen molar-refractivity contribution in [2.75, 3.05) is 26.2 Å². The molecule has 2 nitrogen and oxygen atoms in total. The van der Waals surface area contributed by atoms with Crippen molar-refractivity contribution in [2.24, 2.45) is 0 Å². The molecule has 0 radical (unpaired) electrons. The maximum absolute atomic E-state index is 3.44. The highest BCUT2D eigenvalue weighted by atomic mass is 15.1. The largest absolute Gasteiger partial charge is 0.315 e. The molecular formula is C14H24N2. The van der Waals surface area contributed by atoms with E-state index in [2.05, 4.69) is 54.4 Å². The first-order valence-electron chi connectivity index (χ1n) is 6.33. The van der Waals surface area contributed by atoms with Gasteiger partial charge in [-0.05, 0) is 25.1 Å². The summed E-state index contributed by atoms with van der Waals surface area (Å²) in [5.41, 5.74) is 1.40. The molecule has 1 N–H and O–H groups in total. The minimum Gasteiger partial charge on any atom is -0.315 e. The van der Waals surface area contributed by atoms with Crippen molar-refractivity contribution < 1.29 is 0 Å². The molecule has 1 rings (SSSR count). The summed E-state index contributed by atoms with van der Waals surface area (Å²) in [5.74, 6) is 0. The maximum atomic E-state index is 3.44. The Bertz CT molecular complexity index is 259. The molecule has 1 aromatic rings. The van der Waals surface area contributed by atoms with Crippen molar-refractivity contribution in [3.8, 4) is 0 Å². The summed E-state index contributed by atoms with van der Waals surface area (Å²) in [7, 11) is 0. The van der Waals surface area contributed by atoms with Gasteiger partial charge in [-0.3, -0.25) is 4.90 Å². The Labute approximate surface area is 99.7 Å². The summed E-state index contributed by atoms with van der Waals surface area (Å²) in [5, 5.41) is 3.44. The van der Waals surface area contributed by atoms with Crippen LogP contribution < -0.4 is 5.32 Å². The van der Waals surface area contributed by atoms with Gasteiger partial charge >= 0.3 is 0 Å². The van der Waals surface area contributed by atoms with Crippen LogP contribution in [-0.2, 0) is 6.54 Å². The summed E-state index contributed by atoms with van der Waals surface area (Å²) >= 11 is 0. The van der Waals surface area contributed by atoms with Gasteiger partial charge in [-0.1, -0.05) is 44.2 Å². The van der Waals surface area contributed by atoms with Crippen LogP contribution in [0.1, 0.15) is 25.8 Å². The molecule has 2 heteroatoms. The van der Waals surface area contributed by atoms with Gasteiger partial charge in [0.2, 0.25) is 0 Å². The second-order valence-corrected chi connectivity index (χ2v) is 4.10. The van der Waals surface area contributed by atoms with Crippen molar-refractivity contribution in [3.05, 3.63) is 35.9 Å². The van der Waals surface area contributed by atoms with Gasteiger partial charge in [0.25, 0.3) is 0 Å². The molecule has 0 atom stereocenters. The van der Waals surface area contributed by atoms with Crippen LogP contribution >= 0.6 is 0 Å². The van der Waals surface area contributed by atoms with Crippen LogP contribution in [-0.4, -0.2) is 31.1 Å². The molecule has 0 unspecified atom stereocenters. The smallest absolute Gasteiger partial charge is 0.0234 e. The first-order valence-corrected chi connectivity index (χ1v) is 6.33. The van der Waals surface area contributed by atoms with Crippen LogP contribution in [0.5, 0.6) is 0 Å². The van der Waals surface area contributed by atoms with E-state index < -0.39 is 0 Å². The van der Waals surface area contributed by atoms with Crippen LogP contribution in [0.25, 0.3) is 0 Å². The van der Waals surface area contributed by atoms with Gasteiger partial charge in [0.1, 0.15) is 0 Å². The Morgan fingerprint density at radius 3 is 2.44 bits per heavy atom. The van der Waals surface area contributed by atoms with Crippen molar-refractivity contribution in [1.29, 1.82) is 0 Å². The van der Waals surface area contributed by atoms with Gasteiger partial charge in [-0.25, -0.2) is 0 Å². The molecule has 90 valence electrons. The summed E-state index contributed by atoms with van der Waals surface area (Å²) in [6, 6.07) is 10.7. The SMILES string of the molecule is CCCNCCN(CC)Cc1ccccc1. The number of nitrogens with one attached hydrogen (secondary N) is 1. The Hall–Kier alpha value is -0.860. The van der Waals surface area contributed by atoms with Gasteiger partial charge in [-0.15, -0.1) is 0 Å². The fourth-order valence-electron chi connectivity index (χ4n) is 1.73. The summed E-state index contributed by atoms with van der Waals surface area (Å²) in [6.07, 6.45) is 1.21. The Balaban J connectivity index is 2.26. The molecule has 0 bridgehead atoms. The average molecular weight is 220 g/mol. The third-order valence-corrected chi connectivity index (χ3v) is 2.73. The van der Waals surface area contributed by atoms with E-state index in [1.54, 1.807) is 0 Å². The van der Waals surface area contributed by atoms with Crippen LogP contribution in [0.3, 0.4) is 0 Å². The van der Waals surface area contributed by atoms with Gasteiger partial charge < -0.3 is 5.32 Å². The lowest BCUT2D eigenvalue weighted by atomic mass is 10.2. The van der Waals surface area contributed by atoms with E-state index in [1.165, 1.54) is 12.0 Å². The highest BCUT2D eigenvalue weighted by Gasteiger charge is 2.02. The highest BCUT2D eigenvalue weighted by molar-refractivity contribution is 5.14. The third-order valence-electron chi connectivity index (χ3n) is 2.73. The zero-order valence-electron chi connectivity index (χ0n) is 10.6. The molecule has 0 aromatic heterocycles. The molecule has 0 spiro atoms. The zero-order valence-corrected chi connectivity index (χ0v) is 10.6. The average Bonchev–Trinajstić information content (AvgIpc) is 2.34. The number of hydrogen-bond donors (Lipinski definition) is 1. The first-order chi connectivity index (χ1) is 7.86. The molecule has 0 amide bonds. The lowest BCUT2D eigenvalue weighted by molar-refractivity contribution is 0.279. The summed E-state index contributed by atoms with van der Waals surface area (Å²) in [4.78, 5) is 2.47. The third kappa shape index (κ3) is 5.29.